The molecular weight excluding hydrogens is 443 g/mol. The van der Waals surface area contributed by atoms with Crippen LogP contribution >= 0.6 is 34.5 Å². The zero-order chi connectivity index (χ0) is 21.5. The number of hydrogen-bond acceptors (Lipinski definition) is 4. The first-order chi connectivity index (χ1) is 14.5. The van der Waals surface area contributed by atoms with Crippen LogP contribution in [0, 0.1) is 0 Å². The number of carbonyl (C=O) groups is 1. The Morgan fingerprint density at radius 1 is 1.10 bits per heavy atom. The average molecular weight is 467 g/mol. The van der Waals surface area contributed by atoms with E-state index >= 15 is 0 Å². The van der Waals surface area contributed by atoms with E-state index in [0.717, 1.165) is 35.2 Å². The molecule has 30 heavy (non-hydrogen) atoms. The highest BCUT2D eigenvalue weighted by Crippen LogP contribution is 2.32. The number of carbonyl (C=O) groups excluding carboxylic acids is 1. The van der Waals surface area contributed by atoms with Crippen LogP contribution < -0.4 is 9.54 Å². The van der Waals surface area contributed by atoms with Crippen molar-refractivity contribution in [1.29, 1.82) is 0 Å². The van der Waals surface area contributed by atoms with Gasteiger partial charge in [0.2, 0.25) is 0 Å². The third-order valence-corrected chi connectivity index (χ3v) is 6.41. The van der Waals surface area contributed by atoms with Gasteiger partial charge in [-0.1, -0.05) is 54.3 Å². The van der Waals surface area contributed by atoms with Crippen LogP contribution in [-0.4, -0.2) is 30.8 Å². The number of rotatable bonds is 9. The summed E-state index contributed by atoms with van der Waals surface area (Å²) in [4.78, 5) is 17.7. The summed E-state index contributed by atoms with van der Waals surface area (Å²) in [6.45, 7) is 3.80. The van der Waals surface area contributed by atoms with E-state index in [1.807, 2.05) is 10.6 Å². The molecule has 2 aromatic carbocycles. The molecule has 0 spiro atoms. The minimum Gasteiger partial charge on any atom is -0.494 e. The van der Waals surface area contributed by atoms with E-state index in [4.69, 9.17) is 32.7 Å². The van der Waals surface area contributed by atoms with Crippen molar-refractivity contribution in [2.75, 3.05) is 20.3 Å². The molecule has 0 saturated heterocycles. The van der Waals surface area contributed by atoms with E-state index in [1.165, 1.54) is 11.3 Å². The summed E-state index contributed by atoms with van der Waals surface area (Å²) in [5.41, 5.74) is 1.25. The van der Waals surface area contributed by atoms with Crippen molar-refractivity contribution in [3.05, 3.63) is 56.8 Å². The molecule has 1 amide bonds. The second kappa shape index (κ2) is 11.0. The SMILES string of the molecule is CCCCCOc1ccc(C(=O)N=c2sc3ccc(Cl)c(Cl)c3n2CCOC)cc1. The maximum absolute atomic E-state index is 12.8. The van der Waals surface area contributed by atoms with Crippen molar-refractivity contribution in [3.8, 4) is 5.75 Å². The van der Waals surface area contributed by atoms with Gasteiger partial charge in [-0.15, -0.1) is 0 Å². The van der Waals surface area contributed by atoms with Crippen molar-refractivity contribution in [2.45, 2.75) is 32.7 Å². The highest BCUT2D eigenvalue weighted by molar-refractivity contribution is 7.16. The zero-order valence-electron chi connectivity index (χ0n) is 17.0. The second-order valence-corrected chi connectivity index (χ2v) is 8.53. The Hall–Kier alpha value is -1.86. The summed E-state index contributed by atoms with van der Waals surface area (Å²) in [6, 6.07) is 10.7. The maximum atomic E-state index is 12.8. The third-order valence-electron chi connectivity index (χ3n) is 4.57. The monoisotopic (exact) mass is 466 g/mol. The molecule has 0 radical (unpaired) electrons. The smallest absolute Gasteiger partial charge is 0.279 e. The molecule has 0 unspecified atom stereocenters. The fraction of sp³-hybridized carbons (Fsp3) is 0.364. The third kappa shape index (κ3) is 5.43. The van der Waals surface area contributed by atoms with Crippen LogP contribution in [0.1, 0.15) is 36.5 Å². The Kier molecular flexibility index (Phi) is 8.33. The first kappa shape index (κ1) is 22.8. The standard InChI is InChI=1S/C22H24Cl2N2O3S/c1-3-4-5-13-29-16-8-6-15(7-9-16)21(27)25-22-26(12-14-28-2)20-18(30-22)11-10-17(23)19(20)24/h6-11H,3-5,12-14H2,1-2H3. The van der Waals surface area contributed by atoms with E-state index in [-0.39, 0.29) is 5.91 Å². The summed E-state index contributed by atoms with van der Waals surface area (Å²) < 4.78 is 13.7. The molecule has 0 fully saturated rings. The lowest BCUT2D eigenvalue weighted by atomic mass is 10.2. The minimum atomic E-state index is -0.326. The number of aromatic nitrogens is 1. The molecule has 5 nitrogen and oxygen atoms in total. The zero-order valence-corrected chi connectivity index (χ0v) is 19.3. The molecular formula is C22H24Cl2N2O3S. The minimum absolute atomic E-state index is 0.326. The summed E-state index contributed by atoms with van der Waals surface area (Å²) >= 11 is 14.0. The van der Waals surface area contributed by atoms with Crippen LogP contribution in [0.4, 0.5) is 0 Å². The lowest BCUT2D eigenvalue weighted by Gasteiger charge is -2.07. The molecule has 160 valence electrons. The van der Waals surface area contributed by atoms with Crippen molar-refractivity contribution in [1.82, 2.24) is 4.57 Å². The Balaban J connectivity index is 1.88. The predicted octanol–water partition coefficient (Wildman–Crippen LogP) is 5.97. The Bertz CT molecular complexity index is 1070. The van der Waals surface area contributed by atoms with Gasteiger partial charge in [-0.25, -0.2) is 0 Å². The molecule has 8 heteroatoms. The molecule has 1 aromatic heterocycles. The molecule has 0 N–H and O–H groups in total. The summed E-state index contributed by atoms with van der Waals surface area (Å²) in [6.07, 6.45) is 3.31. The molecule has 0 atom stereocenters. The van der Waals surface area contributed by atoms with Crippen molar-refractivity contribution in [3.63, 3.8) is 0 Å². The quantitative estimate of drug-likeness (QED) is 0.365. The lowest BCUT2D eigenvalue weighted by molar-refractivity contribution is 0.0997. The Labute approximate surface area is 189 Å². The molecule has 0 saturated carbocycles. The number of methoxy groups -OCH3 is 1. The van der Waals surface area contributed by atoms with Crippen molar-refractivity contribution >= 4 is 50.7 Å². The number of unbranched alkanes of at least 4 members (excludes halogenated alkanes) is 2. The van der Waals surface area contributed by atoms with Gasteiger partial charge in [0, 0.05) is 19.2 Å². The first-order valence-electron chi connectivity index (χ1n) is 9.83. The van der Waals surface area contributed by atoms with Crippen molar-refractivity contribution in [2.24, 2.45) is 4.99 Å². The van der Waals surface area contributed by atoms with Gasteiger partial charge in [-0.05, 0) is 42.8 Å². The fourth-order valence-electron chi connectivity index (χ4n) is 2.97. The molecule has 1 heterocycles. The van der Waals surface area contributed by atoms with Gasteiger partial charge in [-0.3, -0.25) is 4.79 Å². The molecule has 3 aromatic rings. The number of hydrogen-bond donors (Lipinski definition) is 0. The topological polar surface area (TPSA) is 52.8 Å². The molecule has 0 aliphatic carbocycles. The van der Waals surface area contributed by atoms with E-state index in [0.29, 0.717) is 40.2 Å². The number of benzene rings is 2. The van der Waals surface area contributed by atoms with Crippen LogP contribution in [0.2, 0.25) is 10.0 Å². The molecule has 0 bridgehead atoms. The highest BCUT2D eigenvalue weighted by atomic mass is 35.5. The van der Waals surface area contributed by atoms with Crippen LogP contribution in [0.25, 0.3) is 10.2 Å². The number of halogens is 2. The predicted molar refractivity (Wildman–Crippen MR) is 123 cm³/mol. The molecule has 0 aliphatic rings. The van der Waals surface area contributed by atoms with Gasteiger partial charge in [0.25, 0.3) is 5.91 Å². The van der Waals surface area contributed by atoms with Gasteiger partial charge < -0.3 is 14.0 Å². The largest absolute Gasteiger partial charge is 0.494 e. The highest BCUT2D eigenvalue weighted by Gasteiger charge is 2.14. The molecule has 3 rings (SSSR count). The maximum Gasteiger partial charge on any atom is 0.279 e. The number of fused-ring (bicyclic) bond motifs is 1. The number of amides is 1. The molecule has 0 aliphatic heterocycles. The van der Waals surface area contributed by atoms with Gasteiger partial charge in [0.05, 0.1) is 33.5 Å². The van der Waals surface area contributed by atoms with Crippen LogP contribution in [0.15, 0.2) is 41.4 Å². The van der Waals surface area contributed by atoms with Crippen LogP contribution in [0.3, 0.4) is 0 Å². The van der Waals surface area contributed by atoms with E-state index in [9.17, 15) is 4.79 Å². The van der Waals surface area contributed by atoms with Gasteiger partial charge in [0.1, 0.15) is 5.75 Å². The Morgan fingerprint density at radius 2 is 1.87 bits per heavy atom. The Morgan fingerprint density at radius 3 is 2.57 bits per heavy atom. The number of nitrogens with zero attached hydrogens (tertiary/aromatic N) is 2. The van der Waals surface area contributed by atoms with Gasteiger partial charge >= 0.3 is 0 Å². The lowest BCUT2D eigenvalue weighted by Crippen LogP contribution is -2.19. The summed E-state index contributed by atoms with van der Waals surface area (Å²) in [5, 5.41) is 0.903. The first-order valence-corrected chi connectivity index (χ1v) is 11.4. The fourth-order valence-corrected chi connectivity index (χ4v) is 4.50. The summed E-state index contributed by atoms with van der Waals surface area (Å²) in [5.74, 6) is 0.425. The number of thiazole rings is 1. The van der Waals surface area contributed by atoms with Gasteiger partial charge in [-0.2, -0.15) is 4.99 Å². The summed E-state index contributed by atoms with van der Waals surface area (Å²) in [7, 11) is 1.62. The second-order valence-electron chi connectivity index (χ2n) is 6.73. The average Bonchev–Trinajstić information content (AvgIpc) is 3.10. The van der Waals surface area contributed by atoms with E-state index in [2.05, 4.69) is 11.9 Å². The van der Waals surface area contributed by atoms with Crippen LogP contribution in [0.5, 0.6) is 5.75 Å². The number of ether oxygens (including phenoxy) is 2. The van der Waals surface area contributed by atoms with E-state index in [1.54, 1.807) is 37.4 Å². The van der Waals surface area contributed by atoms with Crippen molar-refractivity contribution < 1.29 is 14.3 Å². The van der Waals surface area contributed by atoms with Gasteiger partial charge in [0.15, 0.2) is 4.80 Å². The normalized spacial score (nSPS) is 11.9. The van der Waals surface area contributed by atoms with Crippen LogP contribution in [-0.2, 0) is 11.3 Å². The van der Waals surface area contributed by atoms with E-state index < -0.39 is 0 Å².